The Hall–Kier alpha value is -0.650. The van der Waals surface area contributed by atoms with E-state index in [1.54, 1.807) is 0 Å². The number of aliphatic hydroxyl groups is 2. The molecule has 0 amide bonds. The van der Waals surface area contributed by atoms with E-state index in [4.69, 9.17) is 21.1 Å². The van der Waals surface area contributed by atoms with Gasteiger partial charge in [-0.1, -0.05) is 0 Å². The van der Waals surface area contributed by atoms with Gasteiger partial charge in [-0.3, -0.25) is 4.79 Å². The molecule has 5 heteroatoms. The minimum atomic E-state index is -1.07. The van der Waals surface area contributed by atoms with Crippen molar-refractivity contribution < 1.29 is 20.1 Å². The van der Waals surface area contributed by atoms with Gasteiger partial charge in [0, 0.05) is 0 Å². The summed E-state index contributed by atoms with van der Waals surface area (Å²) < 4.78 is 0. The fourth-order valence-corrected chi connectivity index (χ4v) is 0.909. The van der Waals surface area contributed by atoms with Gasteiger partial charge in [-0.15, -0.1) is 0 Å². The third-order valence-corrected chi connectivity index (χ3v) is 1.45. The number of aliphatic hydroxyl groups excluding tert-OH is 2. The summed E-state index contributed by atoms with van der Waals surface area (Å²) >= 11 is 0. The summed E-state index contributed by atoms with van der Waals surface area (Å²) in [6.45, 7) is 0.334. The van der Waals surface area contributed by atoms with E-state index < -0.39 is 18.2 Å². The average Bonchev–Trinajstić information content (AvgIpc) is 1.84. The minimum absolute atomic E-state index is 0.0729. The largest absolute Gasteiger partial charge is 0.481 e. The molecular weight excluding hydrogens is 162 g/mol. The van der Waals surface area contributed by atoms with Gasteiger partial charge in [0.25, 0.3) is 0 Å². The van der Waals surface area contributed by atoms with E-state index in [0.717, 1.165) is 0 Å². The Morgan fingerprint density at radius 1 is 1.33 bits per heavy atom. The van der Waals surface area contributed by atoms with Crippen molar-refractivity contribution in [2.75, 3.05) is 6.54 Å². The number of hydrogen-bond donors (Lipinski definition) is 4. The number of carbonyl (C=O) groups is 1. The first-order chi connectivity index (χ1) is 5.56. The molecule has 12 heavy (non-hydrogen) atoms. The maximum absolute atomic E-state index is 10.1. The van der Waals surface area contributed by atoms with E-state index in [1.165, 1.54) is 0 Å². The second-order valence-electron chi connectivity index (χ2n) is 2.72. The van der Waals surface area contributed by atoms with Crippen molar-refractivity contribution in [3.8, 4) is 0 Å². The van der Waals surface area contributed by atoms with Crippen LogP contribution in [-0.2, 0) is 4.79 Å². The lowest BCUT2D eigenvalue weighted by Crippen LogP contribution is -2.22. The van der Waals surface area contributed by atoms with Crippen LogP contribution in [-0.4, -0.2) is 40.0 Å². The molecule has 0 aromatic carbocycles. The van der Waals surface area contributed by atoms with Crippen molar-refractivity contribution in [3.05, 3.63) is 0 Å². The molecule has 0 aromatic heterocycles. The standard InChI is InChI=1S/C7H15NO4/c8-2-1-5(9)3-6(10)4-7(11)12/h5-6,9-10H,1-4,8H2,(H,11,12)/t5-,6-/m1/s1. The lowest BCUT2D eigenvalue weighted by Gasteiger charge is -2.12. The lowest BCUT2D eigenvalue weighted by atomic mass is 10.1. The van der Waals surface area contributed by atoms with Crippen molar-refractivity contribution in [3.63, 3.8) is 0 Å². The number of rotatable bonds is 6. The van der Waals surface area contributed by atoms with Crippen molar-refractivity contribution in [2.24, 2.45) is 5.73 Å². The number of carboxylic acids is 1. The molecular formula is C7H15NO4. The maximum atomic E-state index is 10.1. The molecule has 0 rings (SSSR count). The molecule has 0 fully saturated rings. The molecule has 0 aliphatic rings. The van der Waals surface area contributed by atoms with Crippen LogP contribution in [0.3, 0.4) is 0 Å². The van der Waals surface area contributed by atoms with Crippen molar-refractivity contribution >= 4 is 5.97 Å². The first-order valence-corrected chi connectivity index (χ1v) is 3.84. The van der Waals surface area contributed by atoms with Crippen LogP contribution in [0.2, 0.25) is 0 Å². The van der Waals surface area contributed by atoms with Crippen LogP contribution >= 0.6 is 0 Å². The van der Waals surface area contributed by atoms with E-state index in [0.29, 0.717) is 13.0 Å². The van der Waals surface area contributed by atoms with E-state index in [1.807, 2.05) is 0 Å². The molecule has 5 nitrogen and oxygen atoms in total. The molecule has 0 unspecified atom stereocenters. The Bertz CT molecular complexity index is 139. The molecule has 0 aliphatic heterocycles. The maximum Gasteiger partial charge on any atom is 0.305 e. The van der Waals surface area contributed by atoms with Gasteiger partial charge in [-0.05, 0) is 19.4 Å². The van der Waals surface area contributed by atoms with Gasteiger partial charge < -0.3 is 21.1 Å². The Morgan fingerprint density at radius 3 is 2.33 bits per heavy atom. The molecule has 0 saturated heterocycles. The molecule has 2 atom stereocenters. The third kappa shape index (κ3) is 6.09. The monoisotopic (exact) mass is 177 g/mol. The van der Waals surface area contributed by atoms with Crippen LogP contribution in [0.25, 0.3) is 0 Å². The summed E-state index contributed by atoms with van der Waals surface area (Å²) in [6.07, 6.45) is -1.56. The molecule has 0 saturated carbocycles. The topological polar surface area (TPSA) is 104 Å². The molecule has 0 heterocycles. The Kier molecular flexibility index (Phi) is 5.61. The quantitative estimate of drug-likeness (QED) is 0.413. The van der Waals surface area contributed by atoms with Crippen LogP contribution in [0.5, 0.6) is 0 Å². The van der Waals surface area contributed by atoms with Crippen LogP contribution in [0.15, 0.2) is 0 Å². The highest BCUT2D eigenvalue weighted by molar-refractivity contribution is 5.67. The Morgan fingerprint density at radius 2 is 1.92 bits per heavy atom. The van der Waals surface area contributed by atoms with Gasteiger partial charge in [0.2, 0.25) is 0 Å². The molecule has 0 bridgehead atoms. The number of carboxylic acid groups (broad SMARTS) is 1. The minimum Gasteiger partial charge on any atom is -0.481 e. The smallest absolute Gasteiger partial charge is 0.305 e. The zero-order valence-electron chi connectivity index (χ0n) is 6.81. The first kappa shape index (κ1) is 11.4. The van der Waals surface area contributed by atoms with Gasteiger partial charge in [-0.2, -0.15) is 0 Å². The van der Waals surface area contributed by atoms with Gasteiger partial charge >= 0.3 is 5.97 Å². The summed E-state index contributed by atoms with van der Waals surface area (Å²) in [7, 11) is 0. The molecule has 5 N–H and O–H groups in total. The van der Waals surface area contributed by atoms with Crippen molar-refractivity contribution in [1.82, 2.24) is 0 Å². The summed E-state index contributed by atoms with van der Waals surface area (Å²) in [5.74, 6) is -1.07. The molecule has 0 aliphatic carbocycles. The van der Waals surface area contributed by atoms with Gasteiger partial charge in [-0.25, -0.2) is 0 Å². The fourth-order valence-electron chi connectivity index (χ4n) is 0.909. The van der Waals surface area contributed by atoms with E-state index in [9.17, 15) is 4.79 Å². The van der Waals surface area contributed by atoms with Crippen LogP contribution in [0.4, 0.5) is 0 Å². The summed E-state index contributed by atoms with van der Waals surface area (Å²) in [6, 6.07) is 0. The van der Waals surface area contributed by atoms with Crippen molar-refractivity contribution in [2.45, 2.75) is 31.5 Å². The highest BCUT2D eigenvalue weighted by atomic mass is 16.4. The zero-order valence-corrected chi connectivity index (χ0v) is 6.81. The number of aliphatic carboxylic acids is 1. The van der Waals surface area contributed by atoms with Crippen molar-refractivity contribution in [1.29, 1.82) is 0 Å². The van der Waals surface area contributed by atoms with Crippen LogP contribution < -0.4 is 5.73 Å². The molecule has 0 radical (unpaired) electrons. The second kappa shape index (κ2) is 5.93. The van der Waals surface area contributed by atoms with E-state index in [-0.39, 0.29) is 12.8 Å². The highest BCUT2D eigenvalue weighted by Crippen LogP contribution is 2.04. The van der Waals surface area contributed by atoms with E-state index >= 15 is 0 Å². The predicted octanol–water partition coefficient (Wildman–Crippen LogP) is -1.08. The number of hydrogen-bond acceptors (Lipinski definition) is 4. The first-order valence-electron chi connectivity index (χ1n) is 3.84. The fraction of sp³-hybridized carbons (Fsp3) is 0.857. The van der Waals surface area contributed by atoms with Crippen LogP contribution in [0.1, 0.15) is 19.3 Å². The zero-order chi connectivity index (χ0) is 9.56. The SMILES string of the molecule is NCC[C@@H](O)C[C@@H](O)CC(=O)O. The van der Waals surface area contributed by atoms with E-state index in [2.05, 4.69) is 0 Å². The summed E-state index contributed by atoms with van der Waals surface area (Å²) in [4.78, 5) is 10.1. The van der Waals surface area contributed by atoms with Gasteiger partial charge in [0.15, 0.2) is 0 Å². The number of nitrogens with two attached hydrogens (primary N) is 1. The van der Waals surface area contributed by atoms with Gasteiger partial charge in [0.05, 0.1) is 18.6 Å². The Labute approximate surface area is 70.8 Å². The lowest BCUT2D eigenvalue weighted by molar-refractivity contribution is -0.139. The Balaban J connectivity index is 3.53. The summed E-state index contributed by atoms with van der Waals surface area (Å²) in [5.41, 5.74) is 5.15. The molecule has 0 aromatic rings. The third-order valence-electron chi connectivity index (χ3n) is 1.45. The average molecular weight is 177 g/mol. The summed E-state index contributed by atoms with van der Waals surface area (Å²) in [5, 5.41) is 26.4. The van der Waals surface area contributed by atoms with Crippen LogP contribution in [0, 0.1) is 0 Å². The highest BCUT2D eigenvalue weighted by Gasteiger charge is 2.13. The predicted molar refractivity (Wildman–Crippen MR) is 42.6 cm³/mol. The second-order valence-corrected chi connectivity index (χ2v) is 2.72. The molecule has 72 valence electrons. The molecule has 0 spiro atoms. The van der Waals surface area contributed by atoms with Gasteiger partial charge in [0.1, 0.15) is 0 Å². The normalized spacial score (nSPS) is 15.6.